The minimum Gasteiger partial charge on any atom is -0.497 e. The maximum absolute atomic E-state index is 15.7. The number of aromatic nitrogens is 1. The Kier molecular flexibility index (Phi) is 8.95. The van der Waals surface area contributed by atoms with Crippen LogP contribution >= 0.6 is 11.6 Å². The summed E-state index contributed by atoms with van der Waals surface area (Å²) in [5.74, 6) is 1.16. The predicted octanol–water partition coefficient (Wildman–Crippen LogP) is 5.74. The standard InChI is InChI=1S/C28H26ClF4N3O3/c1-39-18-4-5-24-19(15-18)25(20(29)16-34-24)21(30)6-7-28(27(37)35-38)8-11-36(12-9-28)10-2-3-17-13-22(31)26(33)23(32)14-17/h4-5,13-16,21,38H,6-12H2,1H3,(H,35,37)/t21-/m1/s1. The fourth-order valence-corrected chi connectivity index (χ4v) is 5.16. The number of hydroxylamine groups is 1. The maximum atomic E-state index is 15.7. The zero-order valence-electron chi connectivity index (χ0n) is 21.0. The molecule has 0 unspecified atom stereocenters. The van der Waals surface area contributed by atoms with E-state index < -0.39 is 34.9 Å². The van der Waals surface area contributed by atoms with E-state index in [0.29, 0.717) is 42.6 Å². The number of methoxy groups -OCH3 is 1. The van der Waals surface area contributed by atoms with E-state index in [0.717, 1.165) is 12.1 Å². The Morgan fingerprint density at radius 2 is 1.92 bits per heavy atom. The molecule has 11 heteroatoms. The molecule has 1 atom stereocenters. The lowest BCUT2D eigenvalue weighted by Crippen LogP contribution is -2.48. The number of ether oxygens (including phenoxy) is 1. The first-order valence-electron chi connectivity index (χ1n) is 12.2. The molecule has 1 aromatic heterocycles. The minimum absolute atomic E-state index is 0.00585. The van der Waals surface area contributed by atoms with Gasteiger partial charge in [0.05, 0.1) is 29.6 Å². The molecular formula is C28H26ClF4N3O3. The van der Waals surface area contributed by atoms with Crippen molar-refractivity contribution >= 4 is 28.4 Å². The van der Waals surface area contributed by atoms with Gasteiger partial charge >= 0.3 is 0 Å². The van der Waals surface area contributed by atoms with E-state index in [1.165, 1.54) is 13.3 Å². The highest BCUT2D eigenvalue weighted by molar-refractivity contribution is 6.32. The lowest BCUT2D eigenvalue weighted by molar-refractivity contribution is -0.143. The van der Waals surface area contributed by atoms with Crippen molar-refractivity contribution in [3.8, 4) is 17.6 Å². The van der Waals surface area contributed by atoms with E-state index >= 15 is 4.39 Å². The quantitative estimate of drug-likeness (QED) is 0.126. The average molecular weight is 564 g/mol. The van der Waals surface area contributed by atoms with Crippen molar-refractivity contribution in [1.82, 2.24) is 15.4 Å². The molecule has 0 bridgehead atoms. The summed E-state index contributed by atoms with van der Waals surface area (Å²) >= 11 is 6.33. The summed E-state index contributed by atoms with van der Waals surface area (Å²) in [5, 5.41) is 10.1. The van der Waals surface area contributed by atoms with Gasteiger partial charge in [-0.1, -0.05) is 23.4 Å². The van der Waals surface area contributed by atoms with Gasteiger partial charge in [-0.3, -0.25) is 19.9 Å². The smallest absolute Gasteiger partial charge is 0.249 e. The molecular weight excluding hydrogens is 538 g/mol. The van der Waals surface area contributed by atoms with Gasteiger partial charge in [-0.15, -0.1) is 0 Å². The molecule has 0 radical (unpaired) electrons. The van der Waals surface area contributed by atoms with Crippen LogP contribution in [0.3, 0.4) is 0 Å². The fourth-order valence-electron chi connectivity index (χ4n) is 4.89. The second-order valence-corrected chi connectivity index (χ2v) is 9.87. The first-order chi connectivity index (χ1) is 18.7. The topological polar surface area (TPSA) is 74.7 Å². The van der Waals surface area contributed by atoms with Crippen molar-refractivity contribution in [2.24, 2.45) is 5.41 Å². The largest absolute Gasteiger partial charge is 0.497 e. The number of carbonyl (C=O) groups excluding carboxylic acids is 1. The summed E-state index contributed by atoms with van der Waals surface area (Å²) < 4.78 is 60.9. The Balaban J connectivity index is 1.44. The molecule has 4 rings (SSSR count). The maximum Gasteiger partial charge on any atom is 0.249 e. The van der Waals surface area contributed by atoms with E-state index in [4.69, 9.17) is 16.3 Å². The van der Waals surface area contributed by atoms with Crippen LogP contribution in [-0.2, 0) is 4.79 Å². The van der Waals surface area contributed by atoms with Crippen molar-refractivity contribution in [3.63, 3.8) is 0 Å². The average Bonchev–Trinajstić information content (AvgIpc) is 2.94. The number of alkyl halides is 1. The zero-order valence-corrected chi connectivity index (χ0v) is 21.8. The third-order valence-electron chi connectivity index (χ3n) is 7.17. The van der Waals surface area contributed by atoms with Crippen LogP contribution < -0.4 is 10.2 Å². The Morgan fingerprint density at radius 3 is 2.56 bits per heavy atom. The summed E-state index contributed by atoms with van der Waals surface area (Å²) in [6.07, 6.45) is 0.670. The summed E-state index contributed by atoms with van der Waals surface area (Å²) in [6.45, 7) is 1.08. The van der Waals surface area contributed by atoms with Crippen LogP contribution in [0.2, 0.25) is 5.02 Å². The van der Waals surface area contributed by atoms with Gasteiger partial charge in [0.25, 0.3) is 0 Å². The zero-order chi connectivity index (χ0) is 28.2. The molecule has 1 amide bonds. The molecule has 206 valence electrons. The summed E-state index contributed by atoms with van der Waals surface area (Å²) in [5.41, 5.74) is 1.54. The molecule has 6 nitrogen and oxygen atoms in total. The second kappa shape index (κ2) is 12.2. The van der Waals surface area contributed by atoms with Crippen LogP contribution in [0.5, 0.6) is 5.75 Å². The lowest BCUT2D eigenvalue weighted by atomic mass is 9.73. The number of piperidine rings is 1. The molecule has 0 aliphatic carbocycles. The van der Waals surface area contributed by atoms with Crippen molar-refractivity contribution < 1.29 is 32.3 Å². The molecule has 1 aliphatic heterocycles. The highest BCUT2D eigenvalue weighted by atomic mass is 35.5. The number of halogens is 5. The highest BCUT2D eigenvalue weighted by Gasteiger charge is 2.41. The van der Waals surface area contributed by atoms with Gasteiger partial charge in [0, 0.05) is 35.8 Å². The van der Waals surface area contributed by atoms with Gasteiger partial charge in [0.1, 0.15) is 11.9 Å². The van der Waals surface area contributed by atoms with Crippen molar-refractivity contribution in [2.45, 2.75) is 31.9 Å². The van der Waals surface area contributed by atoms with Gasteiger partial charge in [-0.05, 0) is 56.0 Å². The summed E-state index contributed by atoms with van der Waals surface area (Å²) in [7, 11) is 1.50. The first kappa shape index (κ1) is 28.6. The molecule has 1 fully saturated rings. The van der Waals surface area contributed by atoms with Crippen LogP contribution in [0, 0.1) is 34.7 Å². The Morgan fingerprint density at radius 1 is 1.23 bits per heavy atom. The lowest BCUT2D eigenvalue weighted by Gasteiger charge is -2.40. The van der Waals surface area contributed by atoms with Crippen LogP contribution in [0.15, 0.2) is 36.5 Å². The number of fused-ring (bicyclic) bond motifs is 1. The molecule has 1 saturated heterocycles. The predicted molar refractivity (Wildman–Crippen MR) is 138 cm³/mol. The van der Waals surface area contributed by atoms with E-state index in [1.807, 2.05) is 4.90 Å². The number of nitrogens with one attached hydrogen (secondary N) is 1. The summed E-state index contributed by atoms with van der Waals surface area (Å²) in [4.78, 5) is 18.9. The van der Waals surface area contributed by atoms with Crippen molar-refractivity contribution in [2.75, 3.05) is 26.7 Å². The monoisotopic (exact) mass is 563 g/mol. The first-order valence-corrected chi connectivity index (χ1v) is 12.6. The SMILES string of the molecule is COc1ccc2ncc(Cl)c([C@H](F)CCC3(C(=O)NO)CCN(CC#Cc4cc(F)c(F)c(F)c4)CC3)c2c1. The molecule has 0 spiro atoms. The van der Waals surface area contributed by atoms with Crippen molar-refractivity contribution in [3.05, 3.63) is 70.1 Å². The molecule has 3 aromatic rings. The van der Waals surface area contributed by atoms with E-state index in [9.17, 15) is 23.2 Å². The van der Waals surface area contributed by atoms with Gasteiger partial charge in [-0.25, -0.2) is 23.0 Å². The second-order valence-electron chi connectivity index (χ2n) is 9.46. The summed E-state index contributed by atoms with van der Waals surface area (Å²) in [6, 6.07) is 6.73. The highest BCUT2D eigenvalue weighted by Crippen LogP contribution is 2.42. The Bertz CT molecular complexity index is 1410. The number of pyridine rings is 1. The normalized spacial score (nSPS) is 15.9. The minimum atomic E-state index is -1.55. The number of amides is 1. The number of hydrogen-bond donors (Lipinski definition) is 2. The number of likely N-dealkylation sites (tertiary alicyclic amines) is 1. The molecule has 1 aliphatic rings. The third kappa shape index (κ3) is 6.27. The van der Waals surface area contributed by atoms with Gasteiger partial charge in [-0.2, -0.15) is 0 Å². The van der Waals surface area contributed by atoms with E-state index in [-0.39, 0.29) is 35.5 Å². The molecule has 39 heavy (non-hydrogen) atoms. The van der Waals surface area contributed by atoms with E-state index in [2.05, 4.69) is 16.8 Å². The Hall–Kier alpha value is -3.39. The third-order valence-corrected chi connectivity index (χ3v) is 7.47. The molecule has 2 heterocycles. The number of carbonyl (C=O) groups is 1. The van der Waals surface area contributed by atoms with Gasteiger partial charge < -0.3 is 4.74 Å². The van der Waals surface area contributed by atoms with Gasteiger partial charge in [0.15, 0.2) is 17.5 Å². The molecule has 2 N–H and O–H groups in total. The van der Waals surface area contributed by atoms with Crippen LogP contribution in [0.4, 0.5) is 17.6 Å². The Labute approximate surface area is 227 Å². The molecule has 2 aromatic carbocycles. The van der Waals surface area contributed by atoms with E-state index in [1.54, 1.807) is 23.7 Å². The number of benzene rings is 2. The van der Waals surface area contributed by atoms with Crippen LogP contribution in [-0.4, -0.2) is 47.7 Å². The number of rotatable bonds is 7. The number of nitrogens with zero attached hydrogens (tertiary/aromatic N) is 2. The van der Waals surface area contributed by atoms with Crippen LogP contribution in [0.1, 0.15) is 43.0 Å². The van der Waals surface area contributed by atoms with Gasteiger partial charge in [0.2, 0.25) is 5.91 Å². The molecule has 0 saturated carbocycles. The number of hydrogen-bond acceptors (Lipinski definition) is 5. The van der Waals surface area contributed by atoms with Crippen molar-refractivity contribution in [1.29, 1.82) is 0 Å². The fraction of sp³-hybridized carbons (Fsp3) is 0.357. The van der Waals surface area contributed by atoms with Crippen LogP contribution in [0.25, 0.3) is 10.9 Å².